The van der Waals surface area contributed by atoms with Crippen LogP contribution in [0.1, 0.15) is 117 Å². The number of allylic oxidation sites excluding steroid dienone is 13. The van der Waals surface area contributed by atoms with Gasteiger partial charge in [-0.2, -0.15) is 0 Å². The summed E-state index contributed by atoms with van der Waals surface area (Å²) in [7, 11) is 0. The minimum absolute atomic E-state index is 0.228. The van der Waals surface area contributed by atoms with Crippen LogP contribution in [-0.2, 0) is 23.7 Å². The van der Waals surface area contributed by atoms with Crippen molar-refractivity contribution in [1.82, 2.24) is 5.32 Å². The zero-order valence-corrected chi connectivity index (χ0v) is 37.1. The average molecular weight is 878 g/mol. The lowest BCUT2D eigenvalue weighted by atomic mass is 9.97. The molecule has 2 rings (SSSR count). The molecule has 0 aromatic rings. The Hall–Kier alpha value is -2.83. The number of carbonyl (C=O) groups is 1. The van der Waals surface area contributed by atoms with Crippen molar-refractivity contribution in [3.63, 3.8) is 0 Å². The number of aliphatic hydroxyl groups excluding tert-OH is 8. The van der Waals surface area contributed by atoms with E-state index in [0.29, 0.717) is 12.8 Å². The Morgan fingerprint density at radius 1 is 0.597 bits per heavy atom. The van der Waals surface area contributed by atoms with E-state index in [9.17, 15) is 45.6 Å². The van der Waals surface area contributed by atoms with Crippen LogP contribution in [0.4, 0.5) is 0 Å². The first-order chi connectivity index (χ1) is 30.1. The molecule has 0 spiro atoms. The summed E-state index contributed by atoms with van der Waals surface area (Å²) < 4.78 is 22.5. The lowest BCUT2D eigenvalue weighted by Gasteiger charge is -2.46. The van der Waals surface area contributed by atoms with Crippen molar-refractivity contribution in [3.8, 4) is 0 Å². The molecular weight excluding hydrogens is 799 g/mol. The Morgan fingerprint density at radius 3 is 1.74 bits per heavy atom. The highest BCUT2D eigenvalue weighted by atomic mass is 16.7. The van der Waals surface area contributed by atoms with Gasteiger partial charge >= 0.3 is 0 Å². The number of amides is 1. The number of hydrogen-bond acceptors (Lipinski definition) is 13. The maximum Gasteiger partial charge on any atom is 0.220 e. The summed E-state index contributed by atoms with van der Waals surface area (Å²) in [5, 5.41) is 86.3. The van der Waals surface area contributed by atoms with Crippen LogP contribution in [0.2, 0.25) is 0 Å². The molecule has 0 aliphatic carbocycles. The van der Waals surface area contributed by atoms with E-state index < -0.39 is 86.8 Å². The minimum Gasteiger partial charge on any atom is -0.394 e. The predicted molar refractivity (Wildman–Crippen MR) is 239 cm³/mol. The highest BCUT2D eigenvalue weighted by Crippen LogP contribution is 2.29. The largest absolute Gasteiger partial charge is 0.394 e. The third-order valence-electron chi connectivity index (χ3n) is 10.6. The third-order valence-corrected chi connectivity index (χ3v) is 10.6. The fraction of sp³-hybridized carbons (Fsp3) is 0.688. The highest BCUT2D eigenvalue weighted by molar-refractivity contribution is 5.76. The van der Waals surface area contributed by atoms with E-state index >= 15 is 0 Å². The molecule has 14 heteroatoms. The van der Waals surface area contributed by atoms with Gasteiger partial charge in [0.25, 0.3) is 0 Å². The molecule has 14 nitrogen and oxygen atoms in total. The molecule has 62 heavy (non-hydrogen) atoms. The van der Waals surface area contributed by atoms with E-state index in [1.54, 1.807) is 6.08 Å². The summed E-state index contributed by atoms with van der Waals surface area (Å²) in [5.74, 6) is -0.290. The molecule has 0 bridgehead atoms. The first-order valence-corrected chi connectivity index (χ1v) is 22.8. The predicted octanol–water partition coefficient (Wildman–Crippen LogP) is 4.65. The van der Waals surface area contributed by atoms with Gasteiger partial charge in [0.15, 0.2) is 12.6 Å². The Morgan fingerprint density at radius 2 is 1.13 bits per heavy atom. The van der Waals surface area contributed by atoms with Crippen LogP contribution in [0.15, 0.2) is 85.1 Å². The molecule has 2 fully saturated rings. The molecule has 0 aromatic heterocycles. The first-order valence-electron chi connectivity index (χ1n) is 22.8. The van der Waals surface area contributed by atoms with E-state index in [0.717, 1.165) is 77.0 Å². The van der Waals surface area contributed by atoms with Crippen LogP contribution in [0.25, 0.3) is 0 Å². The summed E-state index contributed by atoms with van der Waals surface area (Å²) >= 11 is 0. The van der Waals surface area contributed by atoms with Crippen molar-refractivity contribution < 1.29 is 64.6 Å². The summed E-state index contributed by atoms with van der Waals surface area (Å²) in [6, 6.07) is -0.951. The van der Waals surface area contributed by atoms with Crippen molar-refractivity contribution in [2.45, 2.75) is 190 Å². The Kier molecular flexibility index (Phi) is 30.8. The second-order valence-electron chi connectivity index (χ2n) is 15.8. The molecule has 0 aromatic carbocycles. The van der Waals surface area contributed by atoms with E-state index in [1.807, 2.05) is 6.08 Å². The van der Waals surface area contributed by atoms with E-state index in [-0.39, 0.29) is 18.9 Å². The van der Waals surface area contributed by atoms with Crippen molar-refractivity contribution >= 4 is 5.91 Å². The van der Waals surface area contributed by atoms with Gasteiger partial charge in [-0.3, -0.25) is 4.79 Å². The average Bonchev–Trinajstić information content (AvgIpc) is 3.27. The maximum atomic E-state index is 13.1. The topological polar surface area (TPSA) is 228 Å². The van der Waals surface area contributed by atoms with E-state index in [4.69, 9.17) is 18.9 Å². The number of aliphatic hydroxyl groups is 8. The monoisotopic (exact) mass is 878 g/mol. The molecule has 0 saturated carbocycles. The van der Waals surface area contributed by atoms with Gasteiger partial charge < -0.3 is 65.1 Å². The maximum absolute atomic E-state index is 13.1. The number of rotatable bonds is 32. The quantitative estimate of drug-likeness (QED) is 0.0332. The van der Waals surface area contributed by atoms with Crippen molar-refractivity contribution in [2.24, 2.45) is 0 Å². The van der Waals surface area contributed by atoms with E-state index in [1.165, 1.54) is 6.42 Å². The van der Waals surface area contributed by atoms with Gasteiger partial charge in [-0.05, 0) is 77.0 Å². The standard InChI is InChI=1S/C48H79NO13/c1-3-5-7-9-11-13-14-15-16-17-18-19-20-21-22-24-26-28-30-32-40(53)49-36(37(52)31-29-27-25-23-12-10-8-6-4-2)35-59-47-45(58)43(56)46(39(34-51)61-47)62-48-44(57)42(55)41(54)38(33-50)60-48/h5,7,11-13,15-16,18-19,21-23,29,31,36-39,41-48,50-52,54-58H,3-4,6,8-10,14,17,20,24-28,30,32-35H2,1-2H3,(H,49,53)/b7-5-,13-11-,16-15-,19-18-,22-21-,23-12+,31-29+. The lowest BCUT2D eigenvalue weighted by Crippen LogP contribution is -2.65. The Bertz CT molecular complexity index is 1360. The van der Waals surface area contributed by atoms with Crippen LogP contribution in [-0.4, -0.2) is 140 Å². The molecule has 2 aliphatic rings. The SMILES string of the molecule is CC/C=C\C/C=C\C/C=C\C/C=C\C/C=C\CCCCCC(=O)NC(COC1OC(CO)C(OC2OC(CO)C(O)C(O)C2O)C(O)C1O)C(O)/C=C/CC/C=C/CCCCC. The summed E-state index contributed by atoms with van der Waals surface area (Å²) in [6.07, 6.45) is 26.5. The Labute approximate surface area is 370 Å². The van der Waals surface area contributed by atoms with Gasteiger partial charge in [-0.1, -0.05) is 118 Å². The molecule has 12 unspecified atom stereocenters. The molecule has 2 aliphatic heterocycles. The fourth-order valence-corrected chi connectivity index (χ4v) is 6.80. The first kappa shape index (κ1) is 55.3. The second kappa shape index (κ2) is 34.6. The van der Waals surface area contributed by atoms with Crippen molar-refractivity contribution in [3.05, 3.63) is 85.1 Å². The molecule has 0 radical (unpaired) electrons. The molecule has 2 heterocycles. The fourth-order valence-electron chi connectivity index (χ4n) is 6.80. The number of nitrogens with one attached hydrogen (secondary N) is 1. The van der Waals surface area contributed by atoms with Gasteiger partial charge in [0, 0.05) is 6.42 Å². The molecular formula is C48H79NO13. The van der Waals surface area contributed by atoms with Crippen LogP contribution in [0.3, 0.4) is 0 Å². The van der Waals surface area contributed by atoms with Gasteiger partial charge in [0.2, 0.25) is 5.91 Å². The van der Waals surface area contributed by atoms with Crippen molar-refractivity contribution in [1.29, 1.82) is 0 Å². The van der Waals surface area contributed by atoms with Crippen LogP contribution in [0, 0.1) is 0 Å². The van der Waals surface area contributed by atoms with Crippen molar-refractivity contribution in [2.75, 3.05) is 19.8 Å². The van der Waals surface area contributed by atoms with Gasteiger partial charge in [-0.15, -0.1) is 0 Å². The molecule has 1 amide bonds. The third kappa shape index (κ3) is 22.2. The zero-order chi connectivity index (χ0) is 45.4. The van der Waals surface area contributed by atoms with Gasteiger partial charge in [0.05, 0.1) is 32.0 Å². The lowest BCUT2D eigenvalue weighted by molar-refractivity contribution is -0.359. The number of hydrogen-bond donors (Lipinski definition) is 9. The van der Waals surface area contributed by atoms with Crippen LogP contribution in [0.5, 0.6) is 0 Å². The minimum atomic E-state index is -1.80. The molecule has 354 valence electrons. The normalized spacial score (nSPS) is 28.5. The van der Waals surface area contributed by atoms with Crippen LogP contribution >= 0.6 is 0 Å². The zero-order valence-electron chi connectivity index (χ0n) is 37.1. The van der Waals surface area contributed by atoms with E-state index in [2.05, 4.69) is 92.1 Å². The summed E-state index contributed by atoms with van der Waals surface area (Å²) in [5.41, 5.74) is 0. The molecule has 9 N–H and O–H groups in total. The molecule has 2 saturated heterocycles. The number of unbranched alkanes of at least 4 members (excludes halogenated alkanes) is 7. The smallest absolute Gasteiger partial charge is 0.220 e. The summed E-state index contributed by atoms with van der Waals surface area (Å²) in [4.78, 5) is 13.1. The Balaban J connectivity index is 1.88. The summed E-state index contributed by atoms with van der Waals surface area (Å²) in [6.45, 7) is 2.52. The number of carbonyl (C=O) groups excluding carboxylic acids is 1. The van der Waals surface area contributed by atoms with Gasteiger partial charge in [-0.25, -0.2) is 0 Å². The van der Waals surface area contributed by atoms with Gasteiger partial charge in [0.1, 0.15) is 48.8 Å². The molecule has 12 atom stereocenters. The number of ether oxygens (including phenoxy) is 4. The van der Waals surface area contributed by atoms with Crippen LogP contribution < -0.4 is 5.32 Å². The second-order valence-corrected chi connectivity index (χ2v) is 15.8. The highest BCUT2D eigenvalue weighted by Gasteiger charge is 2.50.